The number of cyclic esters (lactones) is 1. The van der Waals surface area contributed by atoms with Gasteiger partial charge in [-0.1, -0.05) is 30.8 Å². The maximum absolute atomic E-state index is 12.7. The molecule has 1 aliphatic heterocycles. The first kappa shape index (κ1) is 15.2. The number of allylic oxidation sites excluding steroid dienone is 1. The first-order valence-corrected chi connectivity index (χ1v) is 7.29. The lowest BCUT2D eigenvalue weighted by Gasteiger charge is -2.26. The van der Waals surface area contributed by atoms with Gasteiger partial charge in [-0.2, -0.15) is 0 Å². The van der Waals surface area contributed by atoms with E-state index in [2.05, 4.69) is 6.58 Å². The van der Waals surface area contributed by atoms with Gasteiger partial charge in [0.25, 0.3) is 0 Å². The summed E-state index contributed by atoms with van der Waals surface area (Å²) in [5, 5.41) is 0. The number of rotatable bonds is 4. The Kier molecular flexibility index (Phi) is 3.82. The third-order valence-corrected chi connectivity index (χ3v) is 4.21. The molecule has 1 saturated heterocycles. The van der Waals surface area contributed by atoms with E-state index < -0.39 is 5.41 Å². The molecule has 4 nitrogen and oxygen atoms in total. The highest BCUT2D eigenvalue weighted by atomic mass is 16.5. The second-order valence-electron chi connectivity index (χ2n) is 5.47. The van der Waals surface area contributed by atoms with Crippen molar-refractivity contribution in [3.63, 3.8) is 0 Å². The van der Waals surface area contributed by atoms with Crippen LogP contribution in [0.25, 0.3) is 0 Å². The first-order chi connectivity index (χ1) is 11.1. The lowest BCUT2D eigenvalue weighted by atomic mass is 9.73. The van der Waals surface area contributed by atoms with Crippen molar-refractivity contribution in [3.8, 4) is 11.5 Å². The number of hydrogen-bond donors (Lipinski definition) is 0. The van der Waals surface area contributed by atoms with Crippen LogP contribution in [0.15, 0.2) is 60.9 Å². The third-order valence-electron chi connectivity index (χ3n) is 4.21. The molecule has 0 atom stereocenters. The van der Waals surface area contributed by atoms with Gasteiger partial charge in [-0.25, -0.2) is 0 Å². The Bertz CT molecular complexity index is 681. The smallest absolute Gasteiger partial charge is 0.326 e. The van der Waals surface area contributed by atoms with Crippen LogP contribution in [0.5, 0.6) is 11.5 Å². The van der Waals surface area contributed by atoms with Crippen LogP contribution in [0.2, 0.25) is 0 Å². The summed E-state index contributed by atoms with van der Waals surface area (Å²) < 4.78 is 15.7. The summed E-state index contributed by atoms with van der Waals surface area (Å²) in [5.74, 6) is 1.65. The molecular weight excluding hydrogens is 292 g/mol. The molecule has 0 radical (unpaired) electrons. The molecule has 0 unspecified atom stereocenters. The predicted molar refractivity (Wildman–Crippen MR) is 86.6 cm³/mol. The molecule has 0 aromatic heterocycles. The van der Waals surface area contributed by atoms with Crippen LogP contribution >= 0.6 is 0 Å². The molecule has 23 heavy (non-hydrogen) atoms. The SMILES string of the molecule is C=C1CC(c2ccc(OC)cc2)(c2ccc(OC)cc2)C(=O)O1. The number of carbonyl (C=O) groups is 1. The molecule has 0 N–H and O–H groups in total. The number of methoxy groups -OCH3 is 2. The van der Waals surface area contributed by atoms with Crippen molar-refractivity contribution in [2.75, 3.05) is 14.2 Å². The van der Waals surface area contributed by atoms with E-state index in [1.165, 1.54) is 0 Å². The standard InChI is InChI=1S/C19H18O4/c1-13-12-19(18(20)23-13,14-4-8-16(21-2)9-5-14)15-6-10-17(22-3)11-7-15/h4-11H,1,12H2,2-3H3. The minimum absolute atomic E-state index is 0.308. The second-order valence-corrected chi connectivity index (χ2v) is 5.47. The van der Waals surface area contributed by atoms with Gasteiger partial charge in [0.2, 0.25) is 0 Å². The Morgan fingerprint density at radius 1 is 0.913 bits per heavy atom. The van der Waals surface area contributed by atoms with Gasteiger partial charge in [-0.05, 0) is 35.4 Å². The van der Waals surface area contributed by atoms with Gasteiger partial charge in [-0.3, -0.25) is 4.79 Å². The van der Waals surface area contributed by atoms with Gasteiger partial charge in [0.1, 0.15) is 22.7 Å². The minimum atomic E-state index is -0.879. The largest absolute Gasteiger partial charge is 0.497 e. The van der Waals surface area contributed by atoms with E-state index in [1.54, 1.807) is 14.2 Å². The zero-order chi connectivity index (χ0) is 16.4. The van der Waals surface area contributed by atoms with Gasteiger partial charge in [0.05, 0.1) is 14.2 Å². The van der Waals surface area contributed by atoms with Crippen molar-refractivity contribution in [2.24, 2.45) is 0 Å². The average Bonchev–Trinajstić information content (AvgIpc) is 2.90. The zero-order valence-electron chi connectivity index (χ0n) is 13.2. The molecule has 1 aliphatic rings. The van der Waals surface area contributed by atoms with Crippen LogP contribution in [0.4, 0.5) is 0 Å². The number of ether oxygens (including phenoxy) is 3. The molecule has 0 spiro atoms. The first-order valence-electron chi connectivity index (χ1n) is 7.29. The summed E-state index contributed by atoms with van der Waals surface area (Å²) >= 11 is 0. The maximum atomic E-state index is 12.7. The fourth-order valence-electron chi connectivity index (χ4n) is 2.98. The van der Waals surface area contributed by atoms with Crippen LogP contribution in [-0.2, 0) is 14.9 Å². The van der Waals surface area contributed by atoms with E-state index in [4.69, 9.17) is 14.2 Å². The minimum Gasteiger partial charge on any atom is -0.497 e. The van der Waals surface area contributed by atoms with Crippen molar-refractivity contribution < 1.29 is 19.0 Å². The number of hydrogen-bond acceptors (Lipinski definition) is 4. The van der Waals surface area contributed by atoms with Crippen LogP contribution < -0.4 is 9.47 Å². The van der Waals surface area contributed by atoms with E-state index in [0.717, 1.165) is 22.6 Å². The molecule has 4 heteroatoms. The quantitative estimate of drug-likeness (QED) is 0.811. The molecule has 0 bridgehead atoms. The molecular formula is C19H18O4. The highest BCUT2D eigenvalue weighted by Crippen LogP contribution is 2.45. The lowest BCUT2D eigenvalue weighted by molar-refractivity contribution is -0.139. The summed E-state index contributed by atoms with van der Waals surface area (Å²) in [5.41, 5.74) is 0.828. The summed E-state index contributed by atoms with van der Waals surface area (Å²) in [7, 11) is 3.22. The van der Waals surface area contributed by atoms with Crippen molar-refractivity contribution in [1.82, 2.24) is 0 Å². The van der Waals surface area contributed by atoms with Gasteiger partial charge < -0.3 is 14.2 Å². The molecule has 0 saturated carbocycles. The Morgan fingerprint density at radius 3 is 1.65 bits per heavy atom. The summed E-state index contributed by atoms with van der Waals surface area (Å²) in [6.45, 7) is 3.83. The van der Waals surface area contributed by atoms with Crippen LogP contribution in [0.1, 0.15) is 17.5 Å². The molecule has 2 aromatic carbocycles. The molecule has 2 aromatic rings. The third kappa shape index (κ3) is 2.46. The summed E-state index contributed by atoms with van der Waals surface area (Å²) in [4.78, 5) is 12.7. The van der Waals surface area contributed by atoms with Crippen molar-refractivity contribution >= 4 is 5.97 Å². The monoisotopic (exact) mass is 310 g/mol. The number of esters is 1. The molecule has 0 amide bonds. The molecule has 3 rings (SSSR count). The summed E-state index contributed by atoms with van der Waals surface area (Å²) in [6, 6.07) is 14.9. The molecule has 1 fully saturated rings. The van der Waals surface area contributed by atoms with Crippen molar-refractivity contribution in [1.29, 1.82) is 0 Å². The summed E-state index contributed by atoms with van der Waals surface area (Å²) in [6.07, 6.45) is 0.421. The van der Waals surface area contributed by atoms with E-state index in [9.17, 15) is 4.79 Å². The molecule has 0 aliphatic carbocycles. The van der Waals surface area contributed by atoms with E-state index in [-0.39, 0.29) is 5.97 Å². The highest BCUT2D eigenvalue weighted by molar-refractivity contribution is 5.91. The lowest BCUT2D eigenvalue weighted by Crippen LogP contribution is -2.32. The van der Waals surface area contributed by atoms with Gasteiger partial charge in [-0.15, -0.1) is 0 Å². The Labute approximate surface area is 135 Å². The van der Waals surface area contributed by atoms with E-state index in [0.29, 0.717) is 12.2 Å². The van der Waals surface area contributed by atoms with Crippen LogP contribution in [-0.4, -0.2) is 20.2 Å². The predicted octanol–water partition coefficient (Wildman–Crippen LogP) is 3.45. The molecule has 1 heterocycles. The van der Waals surface area contributed by atoms with E-state index in [1.807, 2.05) is 48.5 Å². The van der Waals surface area contributed by atoms with Gasteiger partial charge in [0.15, 0.2) is 0 Å². The normalized spacial score (nSPS) is 16.1. The average molecular weight is 310 g/mol. The number of benzene rings is 2. The fourth-order valence-corrected chi connectivity index (χ4v) is 2.98. The van der Waals surface area contributed by atoms with Crippen LogP contribution in [0.3, 0.4) is 0 Å². The van der Waals surface area contributed by atoms with Crippen LogP contribution in [0, 0.1) is 0 Å². The Hall–Kier alpha value is -2.75. The van der Waals surface area contributed by atoms with E-state index >= 15 is 0 Å². The second kappa shape index (κ2) is 5.80. The van der Waals surface area contributed by atoms with Gasteiger partial charge in [0, 0.05) is 6.42 Å². The number of carbonyl (C=O) groups excluding carboxylic acids is 1. The fraction of sp³-hybridized carbons (Fsp3) is 0.211. The Balaban J connectivity index is 2.13. The van der Waals surface area contributed by atoms with Crippen molar-refractivity contribution in [2.45, 2.75) is 11.8 Å². The van der Waals surface area contributed by atoms with Crippen molar-refractivity contribution in [3.05, 3.63) is 72.0 Å². The highest BCUT2D eigenvalue weighted by Gasteiger charge is 2.49. The zero-order valence-corrected chi connectivity index (χ0v) is 13.2. The Morgan fingerprint density at radius 2 is 1.35 bits per heavy atom. The molecule has 118 valence electrons. The maximum Gasteiger partial charge on any atom is 0.326 e. The topological polar surface area (TPSA) is 44.8 Å². The van der Waals surface area contributed by atoms with Gasteiger partial charge >= 0.3 is 5.97 Å².